The Hall–Kier alpha value is -1.60. The third kappa shape index (κ3) is 3.98. The van der Waals surface area contributed by atoms with Gasteiger partial charge in [0.25, 0.3) is 0 Å². The van der Waals surface area contributed by atoms with Crippen LogP contribution in [0.5, 0.6) is 0 Å². The maximum Gasteiger partial charge on any atom is 0.401 e. The lowest BCUT2D eigenvalue weighted by molar-refractivity contribution is -0.153. The third-order valence-electron chi connectivity index (χ3n) is 3.88. The SMILES string of the molecule is CC(N)(C(=O)N1CCN(CC(F)(F)F)CC1)c1ccccc1. The predicted octanol–water partition coefficient (Wildman–Crippen LogP) is 1.57. The van der Waals surface area contributed by atoms with E-state index in [1.54, 1.807) is 36.1 Å². The Morgan fingerprint density at radius 3 is 2.18 bits per heavy atom. The molecule has 1 heterocycles. The Morgan fingerprint density at radius 1 is 1.14 bits per heavy atom. The molecule has 2 rings (SSSR count). The van der Waals surface area contributed by atoms with Gasteiger partial charge < -0.3 is 10.6 Å². The molecule has 1 aromatic carbocycles. The van der Waals surface area contributed by atoms with E-state index in [1.165, 1.54) is 4.90 Å². The average Bonchev–Trinajstić information content (AvgIpc) is 2.46. The first-order valence-electron chi connectivity index (χ1n) is 7.13. The first kappa shape index (κ1) is 16.8. The Kier molecular flexibility index (Phi) is 4.77. The molecule has 2 N–H and O–H groups in total. The fourth-order valence-corrected chi connectivity index (χ4v) is 2.60. The molecule has 0 aliphatic carbocycles. The Balaban J connectivity index is 1.98. The summed E-state index contributed by atoms with van der Waals surface area (Å²) in [4.78, 5) is 15.4. The van der Waals surface area contributed by atoms with Gasteiger partial charge >= 0.3 is 6.18 Å². The molecule has 0 radical (unpaired) electrons. The zero-order valence-corrected chi connectivity index (χ0v) is 12.4. The first-order chi connectivity index (χ1) is 10.2. The summed E-state index contributed by atoms with van der Waals surface area (Å²) in [6.07, 6.45) is -4.21. The highest BCUT2D eigenvalue weighted by molar-refractivity contribution is 5.87. The van der Waals surface area contributed by atoms with Crippen molar-refractivity contribution in [3.05, 3.63) is 35.9 Å². The van der Waals surface area contributed by atoms with Crippen LogP contribution in [-0.2, 0) is 10.3 Å². The summed E-state index contributed by atoms with van der Waals surface area (Å²) < 4.78 is 37.1. The van der Waals surface area contributed by atoms with Gasteiger partial charge in [0.1, 0.15) is 5.54 Å². The molecule has 122 valence electrons. The van der Waals surface area contributed by atoms with Crippen LogP contribution in [0.4, 0.5) is 13.2 Å². The van der Waals surface area contributed by atoms with Crippen molar-refractivity contribution in [2.75, 3.05) is 32.7 Å². The topological polar surface area (TPSA) is 49.6 Å². The highest BCUT2D eigenvalue weighted by atomic mass is 19.4. The molecule has 1 amide bonds. The lowest BCUT2D eigenvalue weighted by atomic mass is 9.91. The van der Waals surface area contributed by atoms with Crippen LogP contribution < -0.4 is 5.73 Å². The van der Waals surface area contributed by atoms with Crippen molar-refractivity contribution in [1.29, 1.82) is 0 Å². The van der Waals surface area contributed by atoms with Crippen molar-refractivity contribution in [2.24, 2.45) is 5.73 Å². The molecule has 1 aliphatic heterocycles. The molecule has 1 unspecified atom stereocenters. The summed E-state index contributed by atoms with van der Waals surface area (Å²) in [6, 6.07) is 8.99. The summed E-state index contributed by atoms with van der Waals surface area (Å²) in [5, 5.41) is 0. The highest BCUT2D eigenvalue weighted by Gasteiger charge is 2.37. The van der Waals surface area contributed by atoms with Gasteiger partial charge in [0.2, 0.25) is 5.91 Å². The molecular weight excluding hydrogens is 295 g/mol. The number of halogens is 3. The van der Waals surface area contributed by atoms with Gasteiger partial charge in [-0.15, -0.1) is 0 Å². The summed E-state index contributed by atoms with van der Waals surface area (Å²) >= 11 is 0. The summed E-state index contributed by atoms with van der Waals surface area (Å²) in [6.45, 7) is 1.62. The summed E-state index contributed by atoms with van der Waals surface area (Å²) in [7, 11) is 0. The number of hydrogen-bond donors (Lipinski definition) is 1. The van der Waals surface area contributed by atoms with Crippen LogP contribution in [0, 0.1) is 0 Å². The monoisotopic (exact) mass is 315 g/mol. The van der Waals surface area contributed by atoms with E-state index >= 15 is 0 Å². The normalized spacial score (nSPS) is 19.8. The second-order valence-corrected chi connectivity index (χ2v) is 5.75. The number of rotatable bonds is 3. The summed E-state index contributed by atoms with van der Waals surface area (Å²) in [5.41, 5.74) is 5.68. The highest BCUT2D eigenvalue weighted by Crippen LogP contribution is 2.22. The minimum atomic E-state index is -4.21. The van der Waals surface area contributed by atoms with Crippen LogP contribution in [-0.4, -0.2) is 54.6 Å². The number of nitrogens with two attached hydrogens (primary N) is 1. The largest absolute Gasteiger partial charge is 0.401 e. The fraction of sp³-hybridized carbons (Fsp3) is 0.533. The van der Waals surface area contributed by atoms with Crippen molar-refractivity contribution in [3.63, 3.8) is 0 Å². The Labute approximate surface area is 127 Å². The van der Waals surface area contributed by atoms with Gasteiger partial charge in [0, 0.05) is 26.2 Å². The molecule has 7 heteroatoms. The Bertz CT molecular complexity index is 509. The lowest BCUT2D eigenvalue weighted by Crippen LogP contribution is -2.57. The maximum atomic E-state index is 12.6. The van der Waals surface area contributed by atoms with E-state index in [-0.39, 0.29) is 32.1 Å². The van der Waals surface area contributed by atoms with E-state index < -0.39 is 18.3 Å². The smallest absolute Gasteiger partial charge is 0.338 e. The molecule has 1 saturated heterocycles. The van der Waals surface area contributed by atoms with Crippen LogP contribution in [0.3, 0.4) is 0 Å². The molecule has 0 aromatic heterocycles. The van der Waals surface area contributed by atoms with Crippen molar-refractivity contribution in [3.8, 4) is 0 Å². The van der Waals surface area contributed by atoms with E-state index in [0.29, 0.717) is 5.56 Å². The van der Waals surface area contributed by atoms with Crippen LogP contribution in [0.25, 0.3) is 0 Å². The average molecular weight is 315 g/mol. The van der Waals surface area contributed by atoms with Gasteiger partial charge in [-0.3, -0.25) is 9.69 Å². The molecule has 22 heavy (non-hydrogen) atoms. The number of piperazine rings is 1. The van der Waals surface area contributed by atoms with Crippen molar-refractivity contribution < 1.29 is 18.0 Å². The van der Waals surface area contributed by atoms with Gasteiger partial charge in [-0.2, -0.15) is 13.2 Å². The molecule has 4 nitrogen and oxygen atoms in total. The number of alkyl halides is 3. The number of amides is 1. The van der Waals surface area contributed by atoms with E-state index in [9.17, 15) is 18.0 Å². The van der Waals surface area contributed by atoms with Crippen LogP contribution >= 0.6 is 0 Å². The zero-order chi connectivity index (χ0) is 16.4. The number of benzene rings is 1. The van der Waals surface area contributed by atoms with Crippen LogP contribution in [0.1, 0.15) is 12.5 Å². The minimum Gasteiger partial charge on any atom is -0.338 e. The quantitative estimate of drug-likeness (QED) is 0.921. The number of nitrogens with zero attached hydrogens (tertiary/aromatic N) is 2. The van der Waals surface area contributed by atoms with Gasteiger partial charge in [0.15, 0.2) is 0 Å². The summed E-state index contributed by atoms with van der Waals surface area (Å²) in [5.74, 6) is -0.259. The standard InChI is InChI=1S/C15H20F3N3O/c1-14(19,12-5-3-2-4-6-12)13(22)21-9-7-20(8-10-21)11-15(16,17)18/h2-6H,7-11,19H2,1H3. The Morgan fingerprint density at radius 2 is 1.68 bits per heavy atom. The molecule has 0 saturated carbocycles. The number of hydrogen-bond acceptors (Lipinski definition) is 3. The number of carbonyl (C=O) groups excluding carboxylic acids is 1. The fourth-order valence-electron chi connectivity index (χ4n) is 2.60. The van der Waals surface area contributed by atoms with Gasteiger partial charge in [0.05, 0.1) is 6.54 Å². The minimum absolute atomic E-state index is 0.204. The maximum absolute atomic E-state index is 12.6. The van der Waals surface area contributed by atoms with Crippen molar-refractivity contribution in [1.82, 2.24) is 9.80 Å². The van der Waals surface area contributed by atoms with E-state index in [0.717, 1.165) is 0 Å². The van der Waals surface area contributed by atoms with Gasteiger partial charge in [-0.05, 0) is 12.5 Å². The molecule has 0 spiro atoms. The lowest BCUT2D eigenvalue weighted by Gasteiger charge is -2.38. The molecule has 1 aromatic rings. The number of carbonyl (C=O) groups is 1. The molecular formula is C15H20F3N3O. The molecule has 1 fully saturated rings. The molecule has 0 bridgehead atoms. The molecule has 1 atom stereocenters. The van der Waals surface area contributed by atoms with Gasteiger partial charge in [-0.25, -0.2) is 0 Å². The second kappa shape index (κ2) is 6.26. The van der Waals surface area contributed by atoms with E-state index in [2.05, 4.69) is 0 Å². The van der Waals surface area contributed by atoms with E-state index in [1.807, 2.05) is 6.07 Å². The molecule has 1 aliphatic rings. The second-order valence-electron chi connectivity index (χ2n) is 5.75. The van der Waals surface area contributed by atoms with E-state index in [4.69, 9.17) is 5.73 Å². The van der Waals surface area contributed by atoms with Crippen LogP contribution in [0.15, 0.2) is 30.3 Å². The first-order valence-corrected chi connectivity index (χ1v) is 7.13. The van der Waals surface area contributed by atoms with Gasteiger partial charge in [-0.1, -0.05) is 30.3 Å². The van der Waals surface area contributed by atoms with Crippen LogP contribution in [0.2, 0.25) is 0 Å². The van der Waals surface area contributed by atoms with Crippen molar-refractivity contribution >= 4 is 5.91 Å². The third-order valence-corrected chi connectivity index (χ3v) is 3.88. The van der Waals surface area contributed by atoms with Crippen molar-refractivity contribution in [2.45, 2.75) is 18.6 Å². The zero-order valence-electron chi connectivity index (χ0n) is 12.4. The predicted molar refractivity (Wildman–Crippen MR) is 77.1 cm³/mol.